The lowest BCUT2D eigenvalue weighted by molar-refractivity contribution is 0.236. The van der Waals surface area contributed by atoms with Crippen molar-refractivity contribution in [1.82, 2.24) is 14.5 Å². The number of aromatic nitrogens is 2. The van der Waals surface area contributed by atoms with Gasteiger partial charge in [-0.2, -0.15) is 0 Å². The van der Waals surface area contributed by atoms with Gasteiger partial charge >= 0.3 is 0 Å². The Balaban J connectivity index is 3.09. The Morgan fingerprint density at radius 2 is 2.07 bits per heavy atom. The summed E-state index contributed by atoms with van der Waals surface area (Å²) in [5.74, 6) is 0. The van der Waals surface area contributed by atoms with Crippen molar-refractivity contribution < 1.29 is 0 Å². The van der Waals surface area contributed by atoms with Crippen molar-refractivity contribution >= 4 is 12.2 Å². The van der Waals surface area contributed by atoms with Crippen LogP contribution in [0.15, 0.2) is 6.20 Å². The van der Waals surface area contributed by atoms with Crippen LogP contribution in [0, 0.1) is 11.7 Å². The first-order valence-electron chi connectivity index (χ1n) is 4.77. The minimum absolute atomic E-state index is 0.0324. The summed E-state index contributed by atoms with van der Waals surface area (Å²) < 4.78 is 2.97. The Hall–Kier alpha value is -0.610. The SMILES string of the molecule is Cc1c[nH]c(=S)n1C(C)(C)CN(C)C. The van der Waals surface area contributed by atoms with Crippen LogP contribution in [0.2, 0.25) is 0 Å². The standard InChI is InChI=1S/C10H19N3S/c1-8-6-11-9(14)13(8)10(2,3)7-12(4)5/h6H,7H2,1-5H3,(H,11,14). The van der Waals surface area contributed by atoms with Gasteiger partial charge in [-0.05, 0) is 47.1 Å². The topological polar surface area (TPSA) is 24.0 Å². The van der Waals surface area contributed by atoms with Crippen LogP contribution >= 0.6 is 12.2 Å². The number of imidazole rings is 1. The van der Waals surface area contributed by atoms with Crippen molar-refractivity contribution in [3.05, 3.63) is 16.7 Å². The molecule has 1 aromatic heterocycles. The average molecular weight is 213 g/mol. The quantitative estimate of drug-likeness (QED) is 0.778. The van der Waals surface area contributed by atoms with E-state index in [2.05, 4.69) is 49.3 Å². The second-order valence-electron chi connectivity index (χ2n) is 4.62. The van der Waals surface area contributed by atoms with Gasteiger partial charge in [-0.3, -0.25) is 0 Å². The molecule has 0 saturated heterocycles. The molecule has 14 heavy (non-hydrogen) atoms. The zero-order chi connectivity index (χ0) is 10.9. The highest BCUT2D eigenvalue weighted by molar-refractivity contribution is 7.71. The van der Waals surface area contributed by atoms with Crippen molar-refractivity contribution in [1.29, 1.82) is 0 Å². The molecule has 0 radical (unpaired) electrons. The van der Waals surface area contributed by atoms with E-state index in [1.54, 1.807) is 0 Å². The summed E-state index contributed by atoms with van der Waals surface area (Å²) in [6.07, 6.45) is 1.96. The predicted molar refractivity (Wildman–Crippen MR) is 62.2 cm³/mol. The van der Waals surface area contributed by atoms with Crippen LogP contribution in [0.25, 0.3) is 0 Å². The molecule has 0 aliphatic rings. The maximum absolute atomic E-state index is 5.26. The van der Waals surface area contributed by atoms with Gasteiger partial charge in [0.2, 0.25) is 0 Å². The van der Waals surface area contributed by atoms with Crippen LogP contribution in [0.1, 0.15) is 19.5 Å². The molecule has 0 fully saturated rings. The highest BCUT2D eigenvalue weighted by atomic mass is 32.1. The van der Waals surface area contributed by atoms with Crippen LogP contribution in [0.4, 0.5) is 0 Å². The molecule has 0 aliphatic heterocycles. The molecule has 3 nitrogen and oxygen atoms in total. The zero-order valence-corrected chi connectivity index (χ0v) is 10.4. The molecular formula is C10H19N3S. The first-order valence-corrected chi connectivity index (χ1v) is 5.17. The Labute approximate surface area is 90.7 Å². The van der Waals surface area contributed by atoms with Crippen molar-refractivity contribution in [2.75, 3.05) is 20.6 Å². The molecule has 80 valence electrons. The van der Waals surface area contributed by atoms with Gasteiger partial charge in [0, 0.05) is 18.4 Å². The molecule has 1 heterocycles. The van der Waals surface area contributed by atoms with E-state index in [9.17, 15) is 0 Å². The average Bonchev–Trinajstić information content (AvgIpc) is 2.27. The number of hydrogen-bond donors (Lipinski definition) is 1. The Bertz CT molecular complexity index is 360. The van der Waals surface area contributed by atoms with Gasteiger partial charge < -0.3 is 14.5 Å². The Morgan fingerprint density at radius 1 is 1.50 bits per heavy atom. The monoisotopic (exact) mass is 213 g/mol. The zero-order valence-electron chi connectivity index (χ0n) is 9.59. The van der Waals surface area contributed by atoms with Crippen LogP contribution in [-0.4, -0.2) is 35.1 Å². The molecule has 0 saturated carbocycles. The fourth-order valence-electron chi connectivity index (χ4n) is 2.05. The number of aryl methyl sites for hydroxylation is 1. The van der Waals surface area contributed by atoms with E-state index in [1.165, 1.54) is 5.69 Å². The summed E-state index contributed by atoms with van der Waals surface area (Å²) in [5.41, 5.74) is 1.21. The molecule has 0 unspecified atom stereocenters. The molecular weight excluding hydrogens is 194 g/mol. The van der Waals surface area contributed by atoms with E-state index in [-0.39, 0.29) is 5.54 Å². The van der Waals surface area contributed by atoms with Crippen molar-refractivity contribution in [2.45, 2.75) is 26.3 Å². The number of aromatic amines is 1. The highest BCUT2D eigenvalue weighted by Crippen LogP contribution is 2.18. The first-order chi connectivity index (χ1) is 6.34. The third-order valence-corrected chi connectivity index (χ3v) is 2.57. The molecule has 0 bridgehead atoms. The van der Waals surface area contributed by atoms with Crippen LogP contribution in [0.3, 0.4) is 0 Å². The lowest BCUT2D eigenvalue weighted by atomic mass is 10.0. The molecule has 0 spiro atoms. The van der Waals surface area contributed by atoms with Crippen LogP contribution < -0.4 is 0 Å². The van der Waals surface area contributed by atoms with E-state index >= 15 is 0 Å². The largest absolute Gasteiger partial charge is 0.337 e. The first kappa shape index (κ1) is 11.5. The fraction of sp³-hybridized carbons (Fsp3) is 0.700. The number of nitrogens with one attached hydrogen (secondary N) is 1. The molecule has 0 atom stereocenters. The minimum Gasteiger partial charge on any atom is -0.337 e. The molecule has 1 N–H and O–H groups in total. The van der Waals surface area contributed by atoms with E-state index in [1.807, 2.05) is 6.20 Å². The maximum Gasteiger partial charge on any atom is 0.177 e. The number of likely N-dealkylation sites (N-methyl/N-ethyl adjacent to an activating group) is 1. The lowest BCUT2D eigenvalue weighted by Gasteiger charge is -2.31. The highest BCUT2D eigenvalue weighted by Gasteiger charge is 2.23. The summed E-state index contributed by atoms with van der Waals surface area (Å²) in [6, 6.07) is 0. The molecule has 0 aliphatic carbocycles. The van der Waals surface area contributed by atoms with E-state index in [0.29, 0.717) is 0 Å². The number of rotatable bonds is 3. The Kier molecular flexibility index (Phi) is 3.17. The van der Waals surface area contributed by atoms with E-state index in [4.69, 9.17) is 12.2 Å². The maximum atomic E-state index is 5.26. The van der Waals surface area contributed by atoms with Gasteiger partial charge in [-0.1, -0.05) is 0 Å². The summed E-state index contributed by atoms with van der Waals surface area (Å²) in [6.45, 7) is 7.44. The van der Waals surface area contributed by atoms with Crippen molar-refractivity contribution in [2.24, 2.45) is 0 Å². The normalized spacial score (nSPS) is 12.4. The van der Waals surface area contributed by atoms with Crippen LogP contribution in [0.5, 0.6) is 0 Å². The van der Waals surface area contributed by atoms with Gasteiger partial charge in [-0.25, -0.2) is 0 Å². The summed E-state index contributed by atoms with van der Waals surface area (Å²) in [7, 11) is 4.15. The summed E-state index contributed by atoms with van der Waals surface area (Å²) in [4.78, 5) is 5.25. The van der Waals surface area contributed by atoms with E-state index in [0.717, 1.165) is 11.3 Å². The minimum atomic E-state index is 0.0324. The van der Waals surface area contributed by atoms with Crippen molar-refractivity contribution in [3.8, 4) is 0 Å². The molecule has 1 rings (SSSR count). The third kappa shape index (κ3) is 2.25. The molecule has 4 heteroatoms. The number of H-pyrrole nitrogens is 1. The van der Waals surface area contributed by atoms with Crippen molar-refractivity contribution in [3.63, 3.8) is 0 Å². The lowest BCUT2D eigenvalue weighted by Crippen LogP contribution is -2.38. The second-order valence-corrected chi connectivity index (χ2v) is 5.01. The van der Waals surface area contributed by atoms with Crippen LogP contribution in [-0.2, 0) is 5.54 Å². The molecule has 0 aromatic carbocycles. The summed E-state index contributed by atoms with van der Waals surface area (Å²) in [5, 5.41) is 0. The smallest absolute Gasteiger partial charge is 0.177 e. The van der Waals surface area contributed by atoms with Gasteiger partial charge in [0.1, 0.15) is 0 Å². The summed E-state index contributed by atoms with van der Waals surface area (Å²) >= 11 is 5.26. The molecule has 1 aromatic rings. The number of hydrogen-bond acceptors (Lipinski definition) is 2. The van der Waals surface area contributed by atoms with Gasteiger partial charge in [-0.15, -0.1) is 0 Å². The van der Waals surface area contributed by atoms with Gasteiger partial charge in [0.05, 0.1) is 5.54 Å². The fourth-order valence-corrected chi connectivity index (χ4v) is 2.50. The van der Waals surface area contributed by atoms with Gasteiger partial charge in [0.25, 0.3) is 0 Å². The number of nitrogens with zero attached hydrogens (tertiary/aromatic N) is 2. The van der Waals surface area contributed by atoms with Gasteiger partial charge in [0.15, 0.2) is 4.77 Å². The third-order valence-electron chi connectivity index (χ3n) is 2.27. The predicted octanol–water partition coefficient (Wildman–Crippen LogP) is 2.15. The van der Waals surface area contributed by atoms with E-state index < -0.39 is 0 Å². The molecule has 0 amide bonds. The second kappa shape index (κ2) is 3.87. The Morgan fingerprint density at radius 3 is 2.43 bits per heavy atom.